The molecule has 0 fully saturated rings. The fourth-order valence-electron chi connectivity index (χ4n) is 3.26. The molecule has 0 radical (unpaired) electrons. The molecule has 0 aliphatic rings. The van der Waals surface area contributed by atoms with Gasteiger partial charge in [-0.05, 0) is 27.2 Å². The van der Waals surface area contributed by atoms with Gasteiger partial charge in [-0.2, -0.15) is 0 Å². The van der Waals surface area contributed by atoms with E-state index in [9.17, 15) is 4.79 Å². The number of rotatable bonds is 35. The molecule has 0 spiro atoms. The molecule has 0 heterocycles. The first kappa shape index (κ1) is 42.1. The van der Waals surface area contributed by atoms with Gasteiger partial charge in [-0.3, -0.25) is 4.79 Å². The van der Waals surface area contributed by atoms with Gasteiger partial charge < -0.3 is 52.1 Å². The van der Waals surface area contributed by atoms with E-state index in [2.05, 4.69) is 6.92 Å². The summed E-state index contributed by atoms with van der Waals surface area (Å²) in [5.74, 6) is -0.261. The third-order valence-corrected chi connectivity index (χ3v) is 5.36. The average Bonchev–Trinajstić information content (AvgIpc) is 2.96. The molecular formula is C31H62O12. The van der Waals surface area contributed by atoms with Crippen LogP contribution in [-0.4, -0.2) is 144 Å². The molecule has 0 aromatic rings. The Hall–Kier alpha value is -0.930. The van der Waals surface area contributed by atoms with Gasteiger partial charge in [-0.15, -0.1) is 0 Å². The van der Waals surface area contributed by atoms with E-state index in [0.29, 0.717) is 126 Å². The highest BCUT2D eigenvalue weighted by Crippen LogP contribution is 2.08. The van der Waals surface area contributed by atoms with Crippen LogP contribution in [0.3, 0.4) is 0 Å². The molecule has 12 heteroatoms. The predicted molar refractivity (Wildman–Crippen MR) is 163 cm³/mol. The first-order valence-electron chi connectivity index (χ1n) is 15.9. The van der Waals surface area contributed by atoms with Crippen molar-refractivity contribution >= 4 is 5.97 Å². The van der Waals surface area contributed by atoms with Crippen molar-refractivity contribution in [3.05, 3.63) is 0 Å². The SMILES string of the molecule is CCCCCCOCCOCCOCCOCCOCCOCCOCCOCCOCCOCCC(=O)OC(C)(C)C. The number of ether oxygens (including phenoxy) is 11. The first-order valence-corrected chi connectivity index (χ1v) is 15.9. The highest BCUT2D eigenvalue weighted by Gasteiger charge is 2.15. The summed E-state index contributed by atoms with van der Waals surface area (Å²) in [6.45, 7) is 18.2. The minimum Gasteiger partial charge on any atom is -0.460 e. The monoisotopic (exact) mass is 626 g/mol. The lowest BCUT2D eigenvalue weighted by atomic mass is 10.2. The van der Waals surface area contributed by atoms with Crippen molar-refractivity contribution in [3.63, 3.8) is 0 Å². The quantitative estimate of drug-likeness (QED) is 0.0757. The van der Waals surface area contributed by atoms with Crippen LogP contribution in [-0.2, 0) is 56.9 Å². The van der Waals surface area contributed by atoms with E-state index < -0.39 is 5.60 Å². The van der Waals surface area contributed by atoms with Gasteiger partial charge in [0.05, 0.1) is 132 Å². The molecule has 0 amide bonds. The molecular weight excluding hydrogens is 564 g/mol. The van der Waals surface area contributed by atoms with E-state index in [1.54, 1.807) is 0 Å². The van der Waals surface area contributed by atoms with Crippen LogP contribution < -0.4 is 0 Å². The summed E-state index contributed by atoms with van der Waals surface area (Å²) in [5, 5.41) is 0. The molecule has 0 rings (SSSR count). The number of carbonyl (C=O) groups excluding carboxylic acids is 1. The first-order chi connectivity index (χ1) is 21.0. The van der Waals surface area contributed by atoms with Crippen LogP contribution >= 0.6 is 0 Å². The Morgan fingerprint density at radius 1 is 0.395 bits per heavy atom. The Kier molecular flexibility index (Phi) is 33.2. The van der Waals surface area contributed by atoms with E-state index in [4.69, 9.17) is 52.1 Å². The van der Waals surface area contributed by atoms with Crippen LogP contribution in [0.1, 0.15) is 59.8 Å². The van der Waals surface area contributed by atoms with Crippen molar-refractivity contribution in [2.24, 2.45) is 0 Å². The Balaban J connectivity index is 3.09. The van der Waals surface area contributed by atoms with Crippen molar-refractivity contribution in [2.45, 2.75) is 65.4 Å². The second-order valence-corrected chi connectivity index (χ2v) is 10.5. The molecule has 258 valence electrons. The molecule has 0 atom stereocenters. The largest absolute Gasteiger partial charge is 0.460 e. The second kappa shape index (κ2) is 34.0. The molecule has 0 saturated heterocycles. The molecule has 0 saturated carbocycles. The molecule has 12 nitrogen and oxygen atoms in total. The lowest BCUT2D eigenvalue weighted by molar-refractivity contribution is -0.156. The van der Waals surface area contributed by atoms with Gasteiger partial charge in [0.25, 0.3) is 0 Å². The summed E-state index contributed by atoms with van der Waals surface area (Å²) in [6.07, 6.45) is 5.12. The third kappa shape index (κ3) is 39.0. The number of carbonyl (C=O) groups is 1. The summed E-state index contributed by atoms with van der Waals surface area (Å²) in [5.41, 5.74) is -0.470. The zero-order valence-corrected chi connectivity index (χ0v) is 27.6. The number of esters is 1. The zero-order valence-electron chi connectivity index (χ0n) is 27.6. The Bertz CT molecular complexity index is 559. The van der Waals surface area contributed by atoms with Crippen molar-refractivity contribution in [1.29, 1.82) is 0 Å². The maximum Gasteiger partial charge on any atom is 0.308 e. The highest BCUT2D eigenvalue weighted by atomic mass is 16.6. The lowest BCUT2D eigenvalue weighted by Crippen LogP contribution is -2.24. The fourth-order valence-corrected chi connectivity index (χ4v) is 3.26. The zero-order chi connectivity index (χ0) is 31.5. The van der Waals surface area contributed by atoms with E-state index >= 15 is 0 Å². The molecule has 0 aromatic heterocycles. The van der Waals surface area contributed by atoms with E-state index in [0.717, 1.165) is 13.0 Å². The number of unbranched alkanes of at least 4 members (excludes halogenated alkanes) is 3. The van der Waals surface area contributed by atoms with Crippen LogP contribution in [0.15, 0.2) is 0 Å². The van der Waals surface area contributed by atoms with Gasteiger partial charge >= 0.3 is 5.97 Å². The van der Waals surface area contributed by atoms with Crippen LogP contribution in [0.25, 0.3) is 0 Å². The van der Waals surface area contributed by atoms with Gasteiger partial charge in [-0.1, -0.05) is 26.2 Å². The maximum absolute atomic E-state index is 11.5. The topological polar surface area (TPSA) is 119 Å². The number of hydrogen-bond acceptors (Lipinski definition) is 12. The van der Waals surface area contributed by atoms with Crippen LogP contribution in [0.4, 0.5) is 0 Å². The van der Waals surface area contributed by atoms with Crippen molar-refractivity contribution in [3.8, 4) is 0 Å². The molecule has 43 heavy (non-hydrogen) atoms. The standard InChI is InChI=1S/C31H62O12/c1-5-6-7-8-10-33-12-14-35-16-18-37-20-22-39-24-26-41-28-29-42-27-25-40-23-21-38-19-17-36-15-13-34-11-9-30(32)43-31(2,3)4/h5-29H2,1-4H3. The maximum atomic E-state index is 11.5. The van der Waals surface area contributed by atoms with Crippen LogP contribution in [0.2, 0.25) is 0 Å². The molecule has 0 unspecified atom stereocenters. The normalized spacial score (nSPS) is 11.8. The van der Waals surface area contributed by atoms with Crippen molar-refractivity contribution in [2.75, 3.05) is 132 Å². The van der Waals surface area contributed by atoms with Gasteiger partial charge in [0.2, 0.25) is 0 Å². The van der Waals surface area contributed by atoms with E-state index in [1.807, 2.05) is 20.8 Å². The third-order valence-electron chi connectivity index (χ3n) is 5.36. The van der Waals surface area contributed by atoms with Gasteiger partial charge in [0.15, 0.2) is 0 Å². The molecule has 0 bridgehead atoms. The second-order valence-electron chi connectivity index (χ2n) is 10.5. The van der Waals surface area contributed by atoms with Gasteiger partial charge in [-0.25, -0.2) is 0 Å². The molecule has 0 aliphatic carbocycles. The van der Waals surface area contributed by atoms with Crippen LogP contribution in [0, 0.1) is 0 Å². The Morgan fingerprint density at radius 3 is 0.953 bits per heavy atom. The predicted octanol–water partition coefficient (Wildman–Crippen LogP) is 3.46. The molecule has 0 aromatic carbocycles. The summed E-state index contributed by atoms with van der Waals surface area (Å²) < 4.78 is 59.8. The summed E-state index contributed by atoms with van der Waals surface area (Å²) in [4.78, 5) is 11.5. The van der Waals surface area contributed by atoms with Crippen molar-refractivity contribution < 1.29 is 56.9 Å². The van der Waals surface area contributed by atoms with E-state index in [-0.39, 0.29) is 12.4 Å². The average molecular weight is 627 g/mol. The minimum absolute atomic E-state index is 0.236. The fraction of sp³-hybridized carbons (Fsp3) is 0.968. The smallest absolute Gasteiger partial charge is 0.308 e. The Labute approximate surface area is 260 Å². The Morgan fingerprint density at radius 2 is 0.674 bits per heavy atom. The number of hydrogen-bond donors (Lipinski definition) is 0. The van der Waals surface area contributed by atoms with Gasteiger partial charge in [0, 0.05) is 6.61 Å². The highest BCUT2D eigenvalue weighted by molar-refractivity contribution is 5.69. The summed E-state index contributed by atoms with van der Waals surface area (Å²) in [6, 6.07) is 0. The van der Waals surface area contributed by atoms with Gasteiger partial charge in [0.1, 0.15) is 5.60 Å². The molecule has 0 N–H and O–H groups in total. The minimum atomic E-state index is -0.470. The van der Waals surface area contributed by atoms with E-state index in [1.165, 1.54) is 19.3 Å². The summed E-state index contributed by atoms with van der Waals surface area (Å²) >= 11 is 0. The molecule has 0 aliphatic heterocycles. The lowest BCUT2D eigenvalue weighted by Gasteiger charge is -2.19. The summed E-state index contributed by atoms with van der Waals surface area (Å²) in [7, 11) is 0. The van der Waals surface area contributed by atoms with Crippen LogP contribution in [0.5, 0.6) is 0 Å². The van der Waals surface area contributed by atoms with Crippen molar-refractivity contribution in [1.82, 2.24) is 0 Å².